The highest BCUT2D eigenvalue weighted by molar-refractivity contribution is 7.89. The van der Waals surface area contributed by atoms with Gasteiger partial charge in [-0.05, 0) is 64.1 Å². The lowest BCUT2D eigenvalue weighted by Crippen LogP contribution is -2.43. The first-order valence-corrected chi connectivity index (χ1v) is 12.6. The molecule has 1 aromatic carbocycles. The van der Waals surface area contributed by atoms with Gasteiger partial charge in [-0.3, -0.25) is 14.9 Å². The fraction of sp³-hybridized carbons (Fsp3) is 0.636. The molecule has 1 aliphatic heterocycles. The number of imide groups is 1. The van der Waals surface area contributed by atoms with Crippen molar-refractivity contribution in [3.05, 3.63) is 24.0 Å². The normalized spacial score (nSPS) is 19.3. The summed E-state index contributed by atoms with van der Waals surface area (Å²) in [7, 11) is -3.84. The molecule has 0 spiro atoms. The number of hydrogen-bond acceptors (Lipinski definition) is 6. The second-order valence-electron chi connectivity index (χ2n) is 9.27. The molecular formula is C22H32FN3O5S. The monoisotopic (exact) mass is 469 g/mol. The van der Waals surface area contributed by atoms with Gasteiger partial charge in [-0.15, -0.1) is 0 Å². The minimum absolute atomic E-state index is 0.0219. The van der Waals surface area contributed by atoms with Gasteiger partial charge in [0.15, 0.2) is 11.6 Å². The highest BCUT2D eigenvalue weighted by Crippen LogP contribution is 2.31. The molecule has 2 amide bonds. The molecule has 2 aliphatic rings. The molecular weight excluding hydrogens is 437 g/mol. The molecule has 2 fully saturated rings. The van der Waals surface area contributed by atoms with Crippen LogP contribution >= 0.6 is 0 Å². The van der Waals surface area contributed by atoms with Gasteiger partial charge in [-0.25, -0.2) is 17.5 Å². The summed E-state index contributed by atoms with van der Waals surface area (Å²) in [6.45, 7) is 4.63. The summed E-state index contributed by atoms with van der Waals surface area (Å²) in [5, 5.41) is 5.32. The molecule has 1 saturated heterocycles. The number of amides is 2. The Kier molecular flexibility index (Phi) is 7.89. The highest BCUT2D eigenvalue weighted by atomic mass is 32.2. The van der Waals surface area contributed by atoms with E-state index in [-0.39, 0.29) is 28.9 Å². The average molecular weight is 470 g/mol. The molecule has 0 aromatic heterocycles. The molecule has 1 heterocycles. The number of halogens is 1. The predicted octanol–water partition coefficient (Wildman–Crippen LogP) is 2.24. The van der Waals surface area contributed by atoms with Crippen LogP contribution in [0.1, 0.15) is 58.8 Å². The van der Waals surface area contributed by atoms with Gasteiger partial charge in [0.05, 0.1) is 24.0 Å². The Labute approximate surface area is 188 Å². The zero-order valence-electron chi connectivity index (χ0n) is 18.6. The number of carbonyl (C=O) groups is 2. The first kappa shape index (κ1) is 24.6. The van der Waals surface area contributed by atoms with Crippen molar-refractivity contribution in [3.8, 4) is 5.75 Å². The van der Waals surface area contributed by atoms with Crippen LogP contribution < -0.4 is 20.1 Å². The van der Waals surface area contributed by atoms with Gasteiger partial charge >= 0.3 is 0 Å². The zero-order valence-corrected chi connectivity index (χ0v) is 19.4. The first-order valence-electron chi connectivity index (χ1n) is 11.1. The molecule has 1 atom stereocenters. The number of carbonyl (C=O) groups excluding carboxylic acids is 2. The first-order chi connectivity index (χ1) is 15.1. The third-order valence-electron chi connectivity index (χ3n) is 5.63. The molecule has 1 aliphatic carbocycles. The number of nitrogens with one attached hydrogen (secondary N) is 3. The lowest BCUT2D eigenvalue weighted by molar-refractivity contribution is -0.125. The van der Waals surface area contributed by atoms with Gasteiger partial charge in [-0.1, -0.05) is 12.8 Å². The van der Waals surface area contributed by atoms with E-state index in [1.165, 1.54) is 12.1 Å². The quantitative estimate of drug-likeness (QED) is 0.302. The van der Waals surface area contributed by atoms with Gasteiger partial charge in [-0.2, -0.15) is 0 Å². The standard InChI is InChI=1S/C22H32FN3O5S/c1-22(2,10-4-3-5-11-24-18-13-20(27)25-21(18)28)26-32(29,30)16-8-9-17(23)19(12-16)31-14-15-6-7-15/h8-9,12,15,18,24,26H,3-7,10-11,13-14H2,1-2H3,(H,25,27,28). The van der Waals surface area contributed by atoms with Crippen molar-refractivity contribution in [1.29, 1.82) is 0 Å². The van der Waals surface area contributed by atoms with E-state index in [2.05, 4.69) is 15.4 Å². The third kappa shape index (κ3) is 7.25. The molecule has 1 aromatic rings. The van der Waals surface area contributed by atoms with Crippen LogP contribution in [0.15, 0.2) is 23.1 Å². The molecule has 32 heavy (non-hydrogen) atoms. The minimum Gasteiger partial charge on any atom is -0.490 e. The van der Waals surface area contributed by atoms with Crippen molar-refractivity contribution < 1.29 is 27.1 Å². The molecule has 0 radical (unpaired) electrons. The van der Waals surface area contributed by atoms with Crippen LogP contribution in [0.4, 0.5) is 4.39 Å². The second kappa shape index (κ2) is 10.3. The minimum atomic E-state index is -3.84. The molecule has 3 N–H and O–H groups in total. The summed E-state index contributed by atoms with van der Waals surface area (Å²) in [6.07, 6.45) is 5.33. The van der Waals surface area contributed by atoms with Crippen molar-refractivity contribution in [3.63, 3.8) is 0 Å². The third-order valence-corrected chi connectivity index (χ3v) is 7.33. The largest absolute Gasteiger partial charge is 0.490 e. The van der Waals surface area contributed by atoms with E-state index in [1.807, 2.05) is 13.8 Å². The maximum Gasteiger partial charge on any atom is 0.244 e. The number of benzene rings is 1. The average Bonchev–Trinajstić information content (AvgIpc) is 3.46. The van der Waals surface area contributed by atoms with Gasteiger partial charge in [0, 0.05) is 11.6 Å². The smallest absolute Gasteiger partial charge is 0.244 e. The van der Waals surface area contributed by atoms with Gasteiger partial charge in [0.1, 0.15) is 0 Å². The highest BCUT2D eigenvalue weighted by Gasteiger charge is 2.30. The van der Waals surface area contributed by atoms with Crippen molar-refractivity contribution in [2.45, 2.75) is 75.3 Å². The molecule has 8 nitrogen and oxygen atoms in total. The summed E-state index contributed by atoms with van der Waals surface area (Å²) in [5.74, 6) is -0.726. The van der Waals surface area contributed by atoms with Crippen LogP contribution in [0, 0.1) is 11.7 Å². The van der Waals surface area contributed by atoms with Crippen LogP contribution in [0.2, 0.25) is 0 Å². The van der Waals surface area contributed by atoms with E-state index in [0.717, 1.165) is 38.2 Å². The second-order valence-corrected chi connectivity index (χ2v) is 11.0. The fourth-order valence-electron chi connectivity index (χ4n) is 3.59. The number of sulfonamides is 1. The predicted molar refractivity (Wildman–Crippen MR) is 117 cm³/mol. The molecule has 3 rings (SSSR count). The number of rotatable bonds is 13. The summed E-state index contributed by atoms with van der Waals surface area (Å²) < 4.78 is 47.8. The van der Waals surface area contributed by atoms with Gasteiger partial charge in [0.2, 0.25) is 21.8 Å². The summed E-state index contributed by atoms with van der Waals surface area (Å²) in [5.41, 5.74) is -0.687. The van der Waals surface area contributed by atoms with Crippen LogP contribution in [-0.2, 0) is 19.6 Å². The number of unbranched alkanes of at least 4 members (excludes halogenated alkanes) is 2. The van der Waals surface area contributed by atoms with Crippen molar-refractivity contribution in [2.24, 2.45) is 5.92 Å². The van der Waals surface area contributed by atoms with Crippen molar-refractivity contribution in [1.82, 2.24) is 15.4 Å². The summed E-state index contributed by atoms with van der Waals surface area (Å²) in [4.78, 5) is 22.7. The number of ether oxygens (including phenoxy) is 1. The SMILES string of the molecule is CC(C)(CCCCCNC1CC(=O)NC1=O)NS(=O)(=O)c1ccc(F)c(OCC2CC2)c1. The Bertz CT molecular complexity index is 947. The van der Waals surface area contributed by atoms with Crippen LogP contribution in [0.5, 0.6) is 5.75 Å². The molecule has 1 saturated carbocycles. The topological polar surface area (TPSA) is 114 Å². The number of hydrogen-bond donors (Lipinski definition) is 3. The molecule has 0 bridgehead atoms. The molecule has 178 valence electrons. The van der Waals surface area contributed by atoms with E-state index in [1.54, 1.807) is 0 Å². The summed E-state index contributed by atoms with van der Waals surface area (Å²) in [6, 6.07) is 3.15. The Hall–Kier alpha value is -2.04. The van der Waals surface area contributed by atoms with E-state index in [0.29, 0.717) is 25.5 Å². The Balaban J connectivity index is 1.43. The van der Waals surface area contributed by atoms with Gasteiger partial charge < -0.3 is 10.1 Å². The van der Waals surface area contributed by atoms with Crippen LogP contribution in [0.25, 0.3) is 0 Å². The van der Waals surface area contributed by atoms with E-state index in [9.17, 15) is 22.4 Å². The lowest BCUT2D eigenvalue weighted by Gasteiger charge is -2.26. The van der Waals surface area contributed by atoms with Gasteiger partial charge in [0.25, 0.3) is 0 Å². The molecule has 1 unspecified atom stereocenters. The Morgan fingerprint density at radius 1 is 1.19 bits per heavy atom. The van der Waals surface area contributed by atoms with E-state index < -0.39 is 27.4 Å². The fourth-order valence-corrected chi connectivity index (χ4v) is 5.05. The lowest BCUT2D eigenvalue weighted by atomic mass is 9.98. The van der Waals surface area contributed by atoms with E-state index >= 15 is 0 Å². The Morgan fingerprint density at radius 3 is 2.59 bits per heavy atom. The Morgan fingerprint density at radius 2 is 1.94 bits per heavy atom. The van der Waals surface area contributed by atoms with Crippen molar-refractivity contribution in [2.75, 3.05) is 13.2 Å². The van der Waals surface area contributed by atoms with Crippen molar-refractivity contribution >= 4 is 21.8 Å². The zero-order chi connectivity index (χ0) is 23.4. The van der Waals surface area contributed by atoms with Crippen LogP contribution in [0.3, 0.4) is 0 Å². The molecule has 10 heteroatoms. The summed E-state index contributed by atoms with van der Waals surface area (Å²) >= 11 is 0. The van der Waals surface area contributed by atoms with Crippen LogP contribution in [-0.4, -0.2) is 45.0 Å². The van der Waals surface area contributed by atoms with E-state index in [4.69, 9.17) is 4.74 Å². The maximum atomic E-state index is 14.0. The maximum absolute atomic E-state index is 14.0.